The van der Waals surface area contributed by atoms with Gasteiger partial charge in [0.05, 0.1) is 26.9 Å². The highest BCUT2D eigenvalue weighted by Crippen LogP contribution is 2.39. The van der Waals surface area contributed by atoms with Gasteiger partial charge in [0, 0.05) is 44.4 Å². The first kappa shape index (κ1) is 30.9. The van der Waals surface area contributed by atoms with Gasteiger partial charge in [-0.25, -0.2) is 4.79 Å². The molecular formula is C34H40N2O6S. The Morgan fingerprint density at radius 2 is 1.35 bits per heavy atom. The van der Waals surface area contributed by atoms with Gasteiger partial charge in [-0.2, -0.15) is 0 Å². The zero-order chi connectivity index (χ0) is 30.3. The molecule has 0 aromatic heterocycles. The summed E-state index contributed by atoms with van der Waals surface area (Å²) >= 11 is 1.40. The maximum atomic E-state index is 13.0. The molecular weight excluding hydrogens is 564 g/mol. The molecule has 0 amide bonds. The van der Waals surface area contributed by atoms with Crippen molar-refractivity contribution < 1.29 is 28.5 Å². The summed E-state index contributed by atoms with van der Waals surface area (Å²) in [5, 5.41) is 0.205. The van der Waals surface area contributed by atoms with Crippen LogP contribution >= 0.6 is 11.8 Å². The maximum absolute atomic E-state index is 13.0. The van der Waals surface area contributed by atoms with Gasteiger partial charge in [-0.15, -0.1) is 0 Å². The van der Waals surface area contributed by atoms with E-state index in [2.05, 4.69) is 16.8 Å². The number of esters is 1. The number of methoxy groups -OCH3 is 3. The number of hydrogen-bond donors (Lipinski definition) is 0. The van der Waals surface area contributed by atoms with Gasteiger partial charge in [0.2, 0.25) is 0 Å². The Bertz CT molecular complexity index is 1420. The number of nitrogens with zero attached hydrogens (tertiary/aromatic N) is 2. The van der Waals surface area contributed by atoms with Crippen LogP contribution in [-0.2, 0) is 24.2 Å². The standard InChI is InChI=1S/C34H40N2O6S/c1-35-13-15-36(16-14-35)21-23-5-9-26(10-6-23)33(37)42-30-12-8-25(20-32(30)41-4)18-28-27(22-43-34(28)38)17-24-7-11-29(39-2)31(19-24)40-3/h5-12,19-20,27-28H,13-18,21-22H2,1-4H3/t27-,28-/m1/s1. The van der Waals surface area contributed by atoms with Crippen molar-refractivity contribution in [1.82, 2.24) is 9.80 Å². The molecule has 3 aromatic carbocycles. The van der Waals surface area contributed by atoms with Crippen molar-refractivity contribution in [1.29, 1.82) is 0 Å². The van der Waals surface area contributed by atoms with E-state index in [4.69, 9.17) is 18.9 Å². The predicted molar refractivity (Wildman–Crippen MR) is 169 cm³/mol. The lowest BCUT2D eigenvalue weighted by Gasteiger charge is -2.32. The highest BCUT2D eigenvalue weighted by atomic mass is 32.2. The lowest BCUT2D eigenvalue weighted by Crippen LogP contribution is -2.43. The van der Waals surface area contributed by atoms with Crippen LogP contribution in [-0.4, -0.2) is 81.2 Å². The number of ether oxygens (including phenoxy) is 4. The summed E-state index contributed by atoms with van der Waals surface area (Å²) in [7, 11) is 6.95. The minimum absolute atomic E-state index is 0.124. The molecule has 3 aromatic rings. The predicted octanol–water partition coefficient (Wildman–Crippen LogP) is 4.97. The first-order chi connectivity index (χ1) is 20.9. The van der Waals surface area contributed by atoms with Crippen LogP contribution < -0.4 is 18.9 Å². The highest BCUT2D eigenvalue weighted by molar-refractivity contribution is 8.14. The molecule has 2 saturated heterocycles. The van der Waals surface area contributed by atoms with E-state index in [1.807, 2.05) is 54.6 Å². The minimum atomic E-state index is -0.436. The summed E-state index contributed by atoms with van der Waals surface area (Å²) in [5.74, 6) is 2.60. The molecule has 2 fully saturated rings. The van der Waals surface area contributed by atoms with Crippen molar-refractivity contribution >= 4 is 22.8 Å². The first-order valence-electron chi connectivity index (χ1n) is 14.6. The number of carbonyl (C=O) groups is 2. The largest absolute Gasteiger partial charge is 0.493 e. The Labute approximate surface area is 258 Å². The fraction of sp³-hybridized carbons (Fsp3) is 0.412. The van der Waals surface area contributed by atoms with Gasteiger partial charge in [-0.3, -0.25) is 9.69 Å². The Kier molecular flexibility index (Phi) is 10.3. The van der Waals surface area contributed by atoms with E-state index in [-0.39, 0.29) is 17.0 Å². The number of benzene rings is 3. The van der Waals surface area contributed by atoms with Crippen molar-refractivity contribution in [2.45, 2.75) is 19.4 Å². The molecule has 0 saturated carbocycles. The summed E-state index contributed by atoms with van der Waals surface area (Å²) in [6.07, 6.45) is 1.36. The topological polar surface area (TPSA) is 77.5 Å². The second-order valence-electron chi connectivity index (χ2n) is 11.2. The van der Waals surface area contributed by atoms with E-state index in [9.17, 15) is 9.59 Å². The van der Waals surface area contributed by atoms with Gasteiger partial charge in [0.15, 0.2) is 28.1 Å². The van der Waals surface area contributed by atoms with Crippen LogP contribution in [0.25, 0.3) is 0 Å². The second kappa shape index (κ2) is 14.3. The van der Waals surface area contributed by atoms with Crippen molar-refractivity contribution in [3.63, 3.8) is 0 Å². The summed E-state index contributed by atoms with van der Waals surface area (Å²) in [4.78, 5) is 30.6. The molecule has 2 aliphatic rings. The van der Waals surface area contributed by atoms with Crippen LogP contribution in [0.1, 0.15) is 27.0 Å². The second-order valence-corrected chi connectivity index (χ2v) is 12.3. The molecule has 8 nitrogen and oxygen atoms in total. The molecule has 43 heavy (non-hydrogen) atoms. The Balaban J connectivity index is 1.21. The van der Waals surface area contributed by atoms with Gasteiger partial charge >= 0.3 is 5.97 Å². The molecule has 0 radical (unpaired) electrons. The van der Waals surface area contributed by atoms with Crippen LogP contribution in [0.2, 0.25) is 0 Å². The molecule has 0 unspecified atom stereocenters. The molecule has 2 heterocycles. The minimum Gasteiger partial charge on any atom is -0.493 e. The monoisotopic (exact) mass is 604 g/mol. The lowest BCUT2D eigenvalue weighted by atomic mass is 9.85. The molecule has 228 valence electrons. The van der Waals surface area contributed by atoms with Crippen LogP contribution in [0.3, 0.4) is 0 Å². The normalized spacial score (nSPS) is 19.3. The summed E-state index contributed by atoms with van der Waals surface area (Å²) in [5.41, 5.74) is 3.73. The Morgan fingerprint density at radius 3 is 2.00 bits per heavy atom. The van der Waals surface area contributed by atoms with Crippen LogP contribution in [0, 0.1) is 11.8 Å². The van der Waals surface area contributed by atoms with Crippen LogP contribution in [0.15, 0.2) is 60.7 Å². The Hall–Kier alpha value is -3.53. The summed E-state index contributed by atoms with van der Waals surface area (Å²) < 4.78 is 22.2. The van der Waals surface area contributed by atoms with E-state index in [0.717, 1.165) is 56.0 Å². The van der Waals surface area contributed by atoms with E-state index < -0.39 is 5.97 Å². The molecule has 5 rings (SSSR count). The summed E-state index contributed by atoms with van der Waals surface area (Å²) in [6.45, 7) is 5.10. The van der Waals surface area contributed by atoms with E-state index in [0.29, 0.717) is 35.0 Å². The summed E-state index contributed by atoms with van der Waals surface area (Å²) in [6, 6.07) is 19.1. The van der Waals surface area contributed by atoms with Crippen molar-refractivity contribution in [2.24, 2.45) is 11.8 Å². The van der Waals surface area contributed by atoms with Gasteiger partial charge in [0.1, 0.15) is 0 Å². The fourth-order valence-corrected chi connectivity index (χ4v) is 6.93. The van der Waals surface area contributed by atoms with Crippen LogP contribution in [0.4, 0.5) is 0 Å². The lowest BCUT2D eigenvalue weighted by molar-refractivity contribution is -0.114. The van der Waals surface area contributed by atoms with E-state index in [1.165, 1.54) is 17.3 Å². The number of carbonyl (C=O) groups excluding carboxylic acids is 2. The number of likely N-dealkylation sites (N-methyl/N-ethyl adjacent to an activating group) is 1. The van der Waals surface area contributed by atoms with Crippen molar-refractivity contribution in [3.8, 4) is 23.0 Å². The average Bonchev–Trinajstić information content (AvgIpc) is 3.36. The number of piperazine rings is 1. The molecule has 0 bridgehead atoms. The number of rotatable bonds is 11. The fourth-order valence-electron chi connectivity index (χ4n) is 5.71. The third kappa shape index (κ3) is 7.71. The van der Waals surface area contributed by atoms with Gasteiger partial charge in [-0.05, 0) is 78.9 Å². The average molecular weight is 605 g/mol. The van der Waals surface area contributed by atoms with Gasteiger partial charge in [-0.1, -0.05) is 36.0 Å². The molecule has 2 atom stereocenters. The van der Waals surface area contributed by atoms with Crippen LogP contribution in [0.5, 0.6) is 23.0 Å². The smallest absolute Gasteiger partial charge is 0.343 e. The SMILES string of the molecule is COc1ccc(C[C@@H]2CSC(=O)[C@@H]2Cc2ccc(OC(=O)c3ccc(CN4CCN(C)CC4)cc3)c(OC)c2)cc1OC. The quantitative estimate of drug-likeness (QED) is 0.223. The molecule has 2 aliphatic heterocycles. The molecule has 9 heteroatoms. The zero-order valence-corrected chi connectivity index (χ0v) is 26.2. The third-order valence-electron chi connectivity index (χ3n) is 8.34. The van der Waals surface area contributed by atoms with Crippen molar-refractivity contribution in [2.75, 3.05) is 60.3 Å². The molecule has 0 aliphatic carbocycles. The molecule has 0 N–H and O–H groups in total. The Morgan fingerprint density at radius 1 is 0.767 bits per heavy atom. The van der Waals surface area contributed by atoms with Gasteiger partial charge in [0.25, 0.3) is 0 Å². The maximum Gasteiger partial charge on any atom is 0.343 e. The van der Waals surface area contributed by atoms with E-state index >= 15 is 0 Å². The number of thioether (sulfide) groups is 1. The van der Waals surface area contributed by atoms with Gasteiger partial charge < -0.3 is 23.8 Å². The van der Waals surface area contributed by atoms with E-state index in [1.54, 1.807) is 27.4 Å². The first-order valence-corrected chi connectivity index (χ1v) is 15.6. The van der Waals surface area contributed by atoms with Crippen molar-refractivity contribution in [3.05, 3.63) is 82.9 Å². The molecule has 0 spiro atoms. The zero-order valence-electron chi connectivity index (χ0n) is 25.3. The third-order valence-corrected chi connectivity index (χ3v) is 9.52. The highest BCUT2D eigenvalue weighted by Gasteiger charge is 2.35. The number of hydrogen-bond acceptors (Lipinski definition) is 9.